The number of halogens is 1. The number of rotatable bonds is 7. The summed E-state index contributed by atoms with van der Waals surface area (Å²) in [5.74, 6) is 0.203. The van der Waals surface area contributed by atoms with Gasteiger partial charge in [-0.15, -0.1) is 0 Å². The van der Waals surface area contributed by atoms with Crippen LogP contribution in [0.5, 0.6) is 0 Å². The van der Waals surface area contributed by atoms with Gasteiger partial charge in [0.2, 0.25) is 0 Å². The van der Waals surface area contributed by atoms with Crippen LogP contribution in [0.2, 0.25) is 10.6 Å². The second kappa shape index (κ2) is 8.46. The molecule has 0 amide bonds. The molecule has 0 aromatic heterocycles. The Morgan fingerprint density at radius 2 is 1.89 bits per heavy atom. The van der Waals surface area contributed by atoms with Crippen molar-refractivity contribution in [1.82, 2.24) is 0 Å². The van der Waals surface area contributed by atoms with Crippen molar-refractivity contribution in [2.24, 2.45) is 17.3 Å². The van der Waals surface area contributed by atoms with Crippen LogP contribution in [0, 0.1) is 17.3 Å². The zero-order valence-corrected chi connectivity index (χ0v) is 14.5. The standard InChI is InChI=1S/C9H16ClO2.C5H11.Cr/c1-6(5-7(2)10)8(3)9(11)12-4;1-5(2,3)4;/h6-8H,1,5H2,2-4H3;1H2,2-4H3;. The molecule has 108 valence electrons. The van der Waals surface area contributed by atoms with Crippen LogP contribution < -0.4 is 0 Å². The van der Waals surface area contributed by atoms with Crippen molar-refractivity contribution in [1.29, 1.82) is 0 Å². The normalized spacial score (nSPS) is 17.1. The fraction of sp³-hybridized carbons (Fsp3) is 0.929. The minimum atomic E-state index is -0.108. The molecule has 0 aromatic carbocycles. The third-order valence-electron chi connectivity index (χ3n) is 2.77. The Morgan fingerprint density at radius 1 is 1.33 bits per heavy atom. The van der Waals surface area contributed by atoms with E-state index in [1.165, 1.54) is 12.4 Å². The molecule has 0 rings (SSSR count). The van der Waals surface area contributed by atoms with Crippen LogP contribution in [0.3, 0.4) is 0 Å². The maximum absolute atomic E-state index is 11.6. The van der Waals surface area contributed by atoms with Crippen molar-refractivity contribution in [3.8, 4) is 0 Å². The zero-order valence-electron chi connectivity index (χ0n) is 12.5. The minimum absolute atomic E-state index is 0.0435. The molecule has 0 aliphatic carbocycles. The van der Waals surface area contributed by atoms with Crippen LogP contribution in [0.15, 0.2) is 0 Å². The second-order valence-electron chi connectivity index (χ2n) is 6.16. The van der Waals surface area contributed by atoms with Gasteiger partial charge in [0.1, 0.15) is 0 Å². The molecule has 0 aliphatic rings. The van der Waals surface area contributed by atoms with Crippen LogP contribution >= 0.6 is 11.6 Å². The average molecular weight is 315 g/mol. The molecule has 3 unspecified atom stereocenters. The molecule has 0 N–H and O–H groups in total. The third kappa shape index (κ3) is 8.40. The predicted molar refractivity (Wildman–Crippen MR) is 73.7 cm³/mol. The Bertz CT molecular complexity index is 249. The van der Waals surface area contributed by atoms with Gasteiger partial charge in [0.25, 0.3) is 0 Å². The van der Waals surface area contributed by atoms with Gasteiger partial charge in [0.05, 0.1) is 0 Å². The number of alkyl halides is 1. The first kappa shape index (κ1) is 18.3. The van der Waals surface area contributed by atoms with Crippen LogP contribution in [-0.4, -0.2) is 18.5 Å². The van der Waals surface area contributed by atoms with Crippen molar-refractivity contribution >= 4 is 17.6 Å². The fourth-order valence-corrected chi connectivity index (χ4v) is 4.23. The Balaban J connectivity index is 4.36. The van der Waals surface area contributed by atoms with E-state index in [-0.39, 0.29) is 17.3 Å². The summed E-state index contributed by atoms with van der Waals surface area (Å²) in [7, 11) is 1.46. The van der Waals surface area contributed by atoms with E-state index < -0.39 is 0 Å². The maximum atomic E-state index is 11.6. The van der Waals surface area contributed by atoms with E-state index in [9.17, 15) is 4.79 Å². The Morgan fingerprint density at radius 3 is 2.28 bits per heavy atom. The summed E-state index contributed by atoms with van der Waals surface area (Å²) >= 11 is 6.65. The van der Waals surface area contributed by atoms with Crippen molar-refractivity contribution in [3.63, 3.8) is 0 Å². The number of carbonyl (C=O) groups is 1. The number of methoxy groups -OCH3 is 1. The fourth-order valence-electron chi connectivity index (χ4n) is 1.73. The molecule has 0 heterocycles. The molecule has 0 fully saturated rings. The molecule has 4 heteroatoms. The van der Waals surface area contributed by atoms with Crippen LogP contribution in [0.25, 0.3) is 0 Å². The zero-order chi connectivity index (χ0) is 14.3. The number of hydrogen-bond donors (Lipinski definition) is 0. The topological polar surface area (TPSA) is 26.3 Å². The first-order chi connectivity index (χ1) is 8.17. The summed E-state index contributed by atoms with van der Waals surface area (Å²) < 4.78 is 4.85. The molecular weight excluding hydrogens is 288 g/mol. The van der Waals surface area contributed by atoms with E-state index in [1.54, 1.807) is 0 Å². The predicted octanol–water partition coefficient (Wildman–Crippen LogP) is 4.39. The van der Waals surface area contributed by atoms with Gasteiger partial charge in [-0.1, -0.05) is 0 Å². The summed E-state index contributed by atoms with van der Waals surface area (Å²) in [6.45, 7) is 10.7. The van der Waals surface area contributed by atoms with Crippen LogP contribution in [-0.2, 0) is 24.8 Å². The monoisotopic (exact) mass is 314 g/mol. The van der Waals surface area contributed by atoms with Gasteiger partial charge >= 0.3 is 124 Å². The quantitative estimate of drug-likeness (QED) is 0.514. The first-order valence-electron chi connectivity index (χ1n) is 6.47. The molecule has 0 spiro atoms. The van der Waals surface area contributed by atoms with Gasteiger partial charge in [0.15, 0.2) is 0 Å². The molecule has 0 saturated carbocycles. The van der Waals surface area contributed by atoms with Crippen molar-refractivity contribution in [2.45, 2.75) is 57.0 Å². The number of ether oxygens (including phenoxy) is 1. The molecule has 0 aliphatic heterocycles. The van der Waals surface area contributed by atoms with Crippen LogP contribution in [0.1, 0.15) is 41.0 Å². The second-order valence-corrected chi connectivity index (χ2v) is 8.52. The van der Waals surface area contributed by atoms with Gasteiger partial charge in [0, 0.05) is 0 Å². The molecular formula is C14H27ClCrO2. The van der Waals surface area contributed by atoms with Gasteiger partial charge in [-0.3, -0.25) is 0 Å². The summed E-state index contributed by atoms with van der Waals surface area (Å²) in [5, 5.41) is 2.46. The number of carbonyl (C=O) groups excluding carboxylic acids is 1. The van der Waals surface area contributed by atoms with Gasteiger partial charge in [-0.2, -0.15) is 0 Å². The molecule has 2 nitrogen and oxygen atoms in total. The van der Waals surface area contributed by atoms with Crippen molar-refractivity contribution in [3.05, 3.63) is 0 Å². The summed E-state index contributed by atoms with van der Waals surface area (Å²) in [6.07, 6.45) is 0.893. The average Bonchev–Trinajstić information content (AvgIpc) is 2.23. The van der Waals surface area contributed by atoms with E-state index in [4.69, 9.17) is 16.3 Å². The van der Waals surface area contributed by atoms with Crippen molar-refractivity contribution in [2.75, 3.05) is 7.11 Å². The van der Waals surface area contributed by atoms with E-state index in [0.717, 1.165) is 11.7 Å². The van der Waals surface area contributed by atoms with E-state index in [2.05, 4.69) is 20.8 Å². The molecule has 18 heavy (non-hydrogen) atoms. The van der Waals surface area contributed by atoms with Crippen molar-refractivity contribution < 1.29 is 24.8 Å². The van der Waals surface area contributed by atoms with Gasteiger partial charge < -0.3 is 0 Å². The Hall–Kier alpha value is 0.292. The summed E-state index contributed by atoms with van der Waals surface area (Å²) in [5.41, 5.74) is 0.381. The first-order valence-corrected chi connectivity index (χ1v) is 8.71. The summed E-state index contributed by atoms with van der Waals surface area (Å²) in [6, 6.07) is 0. The van der Waals surface area contributed by atoms with Gasteiger partial charge in [-0.25, -0.2) is 0 Å². The molecule has 0 aromatic rings. The van der Waals surface area contributed by atoms with E-state index in [1.807, 2.05) is 13.8 Å². The van der Waals surface area contributed by atoms with E-state index in [0.29, 0.717) is 26.6 Å². The molecule has 0 bridgehead atoms. The number of esters is 1. The van der Waals surface area contributed by atoms with Crippen LogP contribution in [0.4, 0.5) is 0 Å². The Kier molecular flexibility index (Phi) is 8.60. The summed E-state index contributed by atoms with van der Waals surface area (Å²) in [4.78, 5) is 11.6. The number of hydrogen-bond acceptors (Lipinski definition) is 2. The SMILES string of the molecule is COC(=O)C(C)C([CH2][Cr][CH2]C(C)(C)C)CC(C)Cl. The van der Waals surface area contributed by atoms with Gasteiger partial charge in [-0.05, 0) is 0 Å². The van der Waals surface area contributed by atoms with E-state index >= 15 is 0 Å². The molecule has 3 atom stereocenters. The Labute approximate surface area is 124 Å². The molecule has 0 saturated heterocycles. The molecule has 0 radical (unpaired) electrons. The third-order valence-corrected chi connectivity index (χ3v) is 5.66.